The van der Waals surface area contributed by atoms with Crippen LogP contribution in [0.1, 0.15) is 44.8 Å². The first-order valence-electron chi connectivity index (χ1n) is 13.2. The Hall–Kier alpha value is -3.19. The van der Waals surface area contributed by atoms with Crippen LogP contribution in [0.3, 0.4) is 0 Å². The number of nitrogens with zero attached hydrogens (tertiary/aromatic N) is 2. The summed E-state index contributed by atoms with van der Waals surface area (Å²) in [5.74, 6) is 1.31. The van der Waals surface area contributed by atoms with E-state index in [1.54, 1.807) is 0 Å². The third-order valence-electron chi connectivity index (χ3n) is 8.67. The highest BCUT2D eigenvalue weighted by molar-refractivity contribution is 6.82. The Labute approximate surface area is 220 Å². The van der Waals surface area contributed by atoms with Crippen LogP contribution >= 0.6 is 0 Å². The summed E-state index contributed by atoms with van der Waals surface area (Å²) in [6.45, 7) is 11.9. The molecule has 1 aliphatic carbocycles. The standard InChI is InChI=1S/C30H37N3O3Si/c1-29(2)24-19-31-26(32-28(35)30(17-12-18-30)37(3,4)5)23(24)20-33(29)27(34)25(21-13-8-6-9-14-21)36-22-15-10-7-11-16-22/h6-11,13-16,25H,12,17-20H2,1-5H3,(H,31,32,35). The number of amidine groups is 1. The Bertz CT molecular complexity index is 1260. The zero-order valence-corrected chi connectivity index (χ0v) is 23.5. The first kappa shape index (κ1) is 25.5. The zero-order chi connectivity index (χ0) is 26.4. The van der Waals surface area contributed by atoms with Crippen LogP contribution in [-0.4, -0.2) is 49.3 Å². The Morgan fingerprint density at radius 1 is 1.00 bits per heavy atom. The Morgan fingerprint density at radius 2 is 1.62 bits per heavy atom. The molecule has 5 rings (SSSR count). The molecule has 1 atom stereocenters. The van der Waals surface area contributed by atoms with Crippen molar-refractivity contribution in [3.8, 4) is 5.75 Å². The molecule has 1 fully saturated rings. The highest BCUT2D eigenvalue weighted by Gasteiger charge is 2.54. The molecule has 2 heterocycles. The van der Waals surface area contributed by atoms with Gasteiger partial charge in [0.25, 0.3) is 5.91 Å². The second-order valence-corrected chi connectivity index (χ2v) is 17.4. The summed E-state index contributed by atoms with van der Waals surface area (Å²) in [6, 6.07) is 19.1. The van der Waals surface area contributed by atoms with Gasteiger partial charge in [-0.2, -0.15) is 0 Å². The second-order valence-electron chi connectivity index (χ2n) is 12.0. The molecule has 1 saturated carbocycles. The molecule has 0 spiro atoms. The number of rotatable bonds is 6. The van der Waals surface area contributed by atoms with Crippen molar-refractivity contribution in [2.24, 2.45) is 4.99 Å². The largest absolute Gasteiger partial charge is 0.476 e. The molecule has 37 heavy (non-hydrogen) atoms. The smallest absolute Gasteiger partial charge is 0.269 e. The topological polar surface area (TPSA) is 71.0 Å². The van der Waals surface area contributed by atoms with Crippen LogP contribution in [0.25, 0.3) is 0 Å². The van der Waals surface area contributed by atoms with Crippen molar-refractivity contribution in [3.63, 3.8) is 0 Å². The summed E-state index contributed by atoms with van der Waals surface area (Å²) in [4.78, 5) is 34.3. The van der Waals surface area contributed by atoms with Gasteiger partial charge in [0.1, 0.15) is 11.6 Å². The van der Waals surface area contributed by atoms with Crippen molar-refractivity contribution >= 4 is 25.7 Å². The minimum absolute atomic E-state index is 0.0994. The Balaban J connectivity index is 1.39. The van der Waals surface area contributed by atoms with Gasteiger partial charge in [-0.25, -0.2) is 0 Å². The summed E-state index contributed by atoms with van der Waals surface area (Å²) < 4.78 is 6.28. The molecular weight excluding hydrogens is 478 g/mol. The number of amides is 2. The average Bonchev–Trinajstić information content (AvgIpc) is 3.34. The van der Waals surface area contributed by atoms with E-state index in [9.17, 15) is 9.59 Å². The maximum Gasteiger partial charge on any atom is 0.269 e. The molecule has 2 amide bonds. The fraction of sp³-hybridized carbons (Fsp3) is 0.433. The predicted octanol–water partition coefficient (Wildman–Crippen LogP) is 5.51. The number of hydrogen-bond donors (Lipinski definition) is 1. The van der Waals surface area contributed by atoms with Crippen LogP contribution in [0.5, 0.6) is 5.75 Å². The maximum absolute atomic E-state index is 14.1. The zero-order valence-electron chi connectivity index (χ0n) is 22.5. The molecule has 7 heteroatoms. The molecule has 2 aromatic rings. The first-order valence-corrected chi connectivity index (χ1v) is 16.7. The molecule has 0 bridgehead atoms. The number of carbonyl (C=O) groups excluding carboxylic acids is 2. The van der Waals surface area contributed by atoms with E-state index in [0.29, 0.717) is 24.7 Å². The number of hydrogen-bond acceptors (Lipinski definition) is 4. The normalized spacial score (nSPS) is 20.6. The highest BCUT2D eigenvalue weighted by Crippen LogP contribution is 2.55. The van der Waals surface area contributed by atoms with Gasteiger partial charge in [-0.05, 0) is 44.4 Å². The van der Waals surface area contributed by atoms with Gasteiger partial charge in [-0.15, -0.1) is 0 Å². The van der Waals surface area contributed by atoms with Crippen molar-refractivity contribution < 1.29 is 14.3 Å². The molecule has 0 aromatic heterocycles. The van der Waals surface area contributed by atoms with Crippen LogP contribution in [0, 0.1) is 0 Å². The van der Waals surface area contributed by atoms with Crippen molar-refractivity contribution in [2.45, 2.75) is 69.4 Å². The molecule has 1 unspecified atom stereocenters. The summed E-state index contributed by atoms with van der Waals surface area (Å²) in [5, 5.41) is 2.98. The van der Waals surface area contributed by atoms with Crippen LogP contribution in [0.4, 0.5) is 0 Å². The summed E-state index contributed by atoms with van der Waals surface area (Å²) in [6.07, 6.45) is 2.25. The third kappa shape index (κ3) is 4.33. The van der Waals surface area contributed by atoms with Crippen LogP contribution in [-0.2, 0) is 9.59 Å². The minimum atomic E-state index is -1.71. The molecule has 2 aliphatic heterocycles. The van der Waals surface area contributed by atoms with E-state index in [1.807, 2.05) is 65.6 Å². The fourth-order valence-electron chi connectivity index (χ4n) is 5.95. The van der Waals surface area contributed by atoms with E-state index < -0.39 is 19.7 Å². The Morgan fingerprint density at radius 3 is 2.19 bits per heavy atom. The number of para-hydroxylation sites is 1. The lowest BCUT2D eigenvalue weighted by molar-refractivity contribution is -0.142. The number of carbonyl (C=O) groups is 2. The molecule has 6 nitrogen and oxygen atoms in total. The van der Waals surface area contributed by atoms with Gasteiger partial charge in [-0.3, -0.25) is 14.6 Å². The van der Waals surface area contributed by atoms with E-state index in [0.717, 1.165) is 36.0 Å². The second kappa shape index (κ2) is 9.28. The molecule has 3 aliphatic rings. The maximum atomic E-state index is 14.1. The number of aliphatic imine (C=N–C) groups is 1. The van der Waals surface area contributed by atoms with Crippen molar-refractivity contribution in [3.05, 3.63) is 77.4 Å². The van der Waals surface area contributed by atoms with Crippen molar-refractivity contribution in [1.29, 1.82) is 0 Å². The van der Waals surface area contributed by atoms with E-state index >= 15 is 0 Å². The molecule has 1 N–H and O–H groups in total. The minimum Gasteiger partial charge on any atom is -0.476 e. The highest BCUT2D eigenvalue weighted by atomic mass is 28.3. The molecular formula is C30H37N3O3Si. The van der Waals surface area contributed by atoms with E-state index in [4.69, 9.17) is 9.73 Å². The monoisotopic (exact) mass is 515 g/mol. The third-order valence-corrected chi connectivity index (χ3v) is 12.3. The van der Waals surface area contributed by atoms with E-state index in [2.05, 4.69) is 38.8 Å². The molecule has 0 saturated heterocycles. The van der Waals surface area contributed by atoms with Crippen LogP contribution < -0.4 is 10.1 Å². The van der Waals surface area contributed by atoms with Crippen LogP contribution in [0.15, 0.2) is 76.8 Å². The van der Waals surface area contributed by atoms with Crippen LogP contribution in [0.2, 0.25) is 24.7 Å². The molecule has 194 valence electrons. The quantitative estimate of drug-likeness (QED) is 0.516. The van der Waals surface area contributed by atoms with E-state index in [-0.39, 0.29) is 16.9 Å². The SMILES string of the molecule is CC1(C)C2=C(CN1C(=O)C(Oc1ccccc1)c1ccccc1)C(NC(=O)C1([Si](C)(C)C)CCC1)=NC2. The summed E-state index contributed by atoms with van der Waals surface area (Å²) in [5.41, 5.74) is 2.34. The van der Waals surface area contributed by atoms with Gasteiger partial charge in [0.2, 0.25) is 12.0 Å². The van der Waals surface area contributed by atoms with Gasteiger partial charge in [0.05, 0.1) is 26.7 Å². The lowest BCUT2D eigenvalue weighted by atomic mass is 9.83. The van der Waals surface area contributed by atoms with Crippen molar-refractivity contribution in [2.75, 3.05) is 13.1 Å². The van der Waals surface area contributed by atoms with Gasteiger partial charge >= 0.3 is 0 Å². The van der Waals surface area contributed by atoms with Gasteiger partial charge < -0.3 is 15.0 Å². The van der Waals surface area contributed by atoms with Gasteiger partial charge in [0, 0.05) is 16.2 Å². The number of ether oxygens (including phenoxy) is 1. The number of benzene rings is 2. The summed E-state index contributed by atoms with van der Waals surface area (Å²) in [7, 11) is -1.71. The molecule has 0 radical (unpaired) electrons. The van der Waals surface area contributed by atoms with Gasteiger partial charge in [-0.1, -0.05) is 74.6 Å². The van der Waals surface area contributed by atoms with Crippen molar-refractivity contribution in [1.82, 2.24) is 10.2 Å². The lowest BCUT2D eigenvalue weighted by Crippen LogP contribution is -2.55. The van der Waals surface area contributed by atoms with E-state index in [1.165, 1.54) is 0 Å². The molecule has 2 aromatic carbocycles. The predicted molar refractivity (Wildman–Crippen MR) is 149 cm³/mol. The van der Waals surface area contributed by atoms with Gasteiger partial charge in [0.15, 0.2) is 0 Å². The fourth-order valence-corrected chi connectivity index (χ4v) is 8.55. The summed E-state index contributed by atoms with van der Waals surface area (Å²) >= 11 is 0. The first-order chi connectivity index (χ1) is 17.5. The Kier molecular flexibility index (Phi) is 6.38. The average molecular weight is 516 g/mol. The lowest BCUT2D eigenvalue weighted by Gasteiger charge is -2.49. The number of nitrogens with one attached hydrogen (secondary N) is 1.